The minimum Gasteiger partial charge on any atom is -0.463 e. The van der Waals surface area contributed by atoms with Crippen molar-refractivity contribution >= 4 is 5.97 Å². The zero-order valence-corrected chi connectivity index (χ0v) is 15.6. The van der Waals surface area contributed by atoms with Gasteiger partial charge in [-0.25, -0.2) is 0 Å². The minimum absolute atomic E-state index is 0.0962. The molecule has 1 N–H and O–H groups in total. The van der Waals surface area contributed by atoms with Crippen molar-refractivity contribution in [2.45, 2.75) is 84.2 Å². The molecule has 0 saturated carbocycles. The second kappa shape index (κ2) is 18.0. The van der Waals surface area contributed by atoms with Gasteiger partial charge in [0.05, 0.1) is 6.10 Å². The van der Waals surface area contributed by atoms with E-state index in [1.54, 1.807) is 6.92 Å². The highest BCUT2D eigenvalue weighted by Gasteiger charge is 2.03. The fourth-order valence-electron chi connectivity index (χ4n) is 2.11. The Morgan fingerprint density at radius 3 is 2.00 bits per heavy atom. The number of unbranched alkanes of at least 4 members (excludes halogenated alkanes) is 5. The van der Waals surface area contributed by atoms with Gasteiger partial charge in [-0.1, -0.05) is 56.2 Å². The largest absolute Gasteiger partial charge is 0.463 e. The zero-order chi connectivity index (χ0) is 17.9. The van der Waals surface area contributed by atoms with Gasteiger partial charge in [0.2, 0.25) is 0 Å². The first-order valence-corrected chi connectivity index (χ1v) is 9.45. The second-order valence-corrected chi connectivity index (χ2v) is 6.16. The smallest absolute Gasteiger partial charge is 0.305 e. The molecule has 0 heterocycles. The molecule has 1 unspecified atom stereocenters. The Bertz CT molecular complexity index is 367. The van der Waals surface area contributed by atoms with Crippen LogP contribution in [0, 0.1) is 0 Å². The number of aliphatic hydroxyl groups is 1. The maximum Gasteiger partial charge on any atom is 0.305 e. The Balaban J connectivity index is 3.40. The number of carbonyl (C=O) groups excluding carboxylic acids is 1. The molecule has 0 amide bonds. The van der Waals surface area contributed by atoms with Gasteiger partial charge in [-0.15, -0.1) is 0 Å². The van der Waals surface area contributed by atoms with E-state index in [0.717, 1.165) is 32.1 Å². The first-order chi connectivity index (χ1) is 11.7. The lowest BCUT2D eigenvalue weighted by molar-refractivity contribution is -0.146. The molecule has 0 saturated heterocycles. The molecule has 3 nitrogen and oxygen atoms in total. The highest BCUT2D eigenvalue weighted by Crippen LogP contribution is 2.04. The van der Waals surface area contributed by atoms with Crippen molar-refractivity contribution in [3.8, 4) is 0 Å². The van der Waals surface area contributed by atoms with Gasteiger partial charge in [-0.05, 0) is 51.9 Å². The monoisotopic (exact) mass is 336 g/mol. The van der Waals surface area contributed by atoms with Gasteiger partial charge < -0.3 is 9.84 Å². The molecule has 3 heteroatoms. The molecule has 138 valence electrons. The summed E-state index contributed by atoms with van der Waals surface area (Å²) >= 11 is 0. The Morgan fingerprint density at radius 2 is 1.46 bits per heavy atom. The molecule has 1 atom stereocenters. The van der Waals surface area contributed by atoms with E-state index in [2.05, 4.69) is 43.4 Å². The highest BCUT2D eigenvalue weighted by molar-refractivity contribution is 5.69. The summed E-state index contributed by atoms with van der Waals surface area (Å²) in [5.41, 5.74) is 0. The second-order valence-electron chi connectivity index (χ2n) is 6.16. The Kier molecular flexibility index (Phi) is 17.0. The van der Waals surface area contributed by atoms with Crippen molar-refractivity contribution in [3.63, 3.8) is 0 Å². The highest BCUT2D eigenvalue weighted by atomic mass is 16.5. The van der Waals surface area contributed by atoms with Crippen LogP contribution in [-0.4, -0.2) is 23.8 Å². The summed E-state index contributed by atoms with van der Waals surface area (Å²) in [6, 6.07) is 0. The first kappa shape index (κ1) is 22.6. The predicted molar refractivity (Wildman–Crippen MR) is 102 cm³/mol. The number of rotatable bonds is 15. The van der Waals surface area contributed by atoms with Crippen molar-refractivity contribution in [1.82, 2.24) is 0 Å². The summed E-state index contributed by atoms with van der Waals surface area (Å²) < 4.78 is 4.90. The molecule has 0 aliphatic heterocycles. The first-order valence-electron chi connectivity index (χ1n) is 9.45. The van der Waals surface area contributed by atoms with E-state index < -0.39 is 6.10 Å². The van der Waals surface area contributed by atoms with Gasteiger partial charge in [0.1, 0.15) is 6.61 Å². The Hall–Kier alpha value is -1.35. The van der Waals surface area contributed by atoms with Crippen LogP contribution >= 0.6 is 0 Å². The average molecular weight is 337 g/mol. The molecule has 0 aliphatic carbocycles. The summed E-state index contributed by atoms with van der Waals surface area (Å²) in [6.45, 7) is 3.93. The molecule has 0 aliphatic rings. The molecule has 0 radical (unpaired) electrons. The van der Waals surface area contributed by atoms with E-state index in [0.29, 0.717) is 6.42 Å². The van der Waals surface area contributed by atoms with Crippen LogP contribution in [0.2, 0.25) is 0 Å². The van der Waals surface area contributed by atoms with Crippen LogP contribution in [-0.2, 0) is 9.53 Å². The van der Waals surface area contributed by atoms with E-state index in [1.165, 1.54) is 25.7 Å². The van der Waals surface area contributed by atoms with E-state index in [-0.39, 0.29) is 12.6 Å². The molecule has 0 aromatic heterocycles. The van der Waals surface area contributed by atoms with E-state index in [1.807, 2.05) is 0 Å². The summed E-state index contributed by atoms with van der Waals surface area (Å²) in [5, 5.41) is 9.01. The van der Waals surface area contributed by atoms with Crippen LogP contribution in [0.15, 0.2) is 36.5 Å². The molecule has 0 bridgehead atoms. The number of allylic oxidation sites excluding steroid dienone is 6. The van der Waals surface area contributed by atoms with Crippen molar-refractivity contribution in [3.05, 3.63) is 36.5 Å². The average Bonchev–Trinajstić information content (AvgIpc) is 2.56. The normalized spacial score (nSPS) is 13.3. The Labute approximate surface area is 148 Å². The van der Waals surface area contributed by atoms with E-state index >= 15 is 0 Å². The van der Waals surface area contributed by atoms with Crippen LogP contribution in [0.5, 0.6) is 0 Å². The summed E-state index contributed by atoms with van der Waals surface area (Å²) in [6.07, 6.45) is 23.1. The standard InChI is InChI=1S/C21H36O3/c1-3-4-5-6-7-8-9-10-11-12-13-14-15-16-17-18-21(23)24-19-20(2)22/h7-8,10-11,13-14,20,22H,3-6,9,12,15-19H2,1-2H3. The third-order valence-electron chi connectivity index (χ3n) is 3.51. The molecular formula is C21H36O3. The van der Waals surface area contributed by atoms with Gasteiger partial charge in [0.25, 0.3) is 0 Å². The van der Waals surface area contributed by atoms with Crippen LogP contribution in [0.1, 0.15) is 78.1 Å². The van der Waals surface area contributed by atoms with Crippen molar-refractivity contribution in [2.24, 2.45) is 0 Å². The van der Waals surface area contributed by atoms with Gasteiger partial charge in [0, 0.05) is 6.42 Å². The summed E-state index contributed by atoms with van der Waals surface area (Å²) in [7, 11) is 0. The molecule has 0 rings (SSSR count). The number of ether oxygens (including phenoxy) is 1. The predicted octanol–water partition coefficient (Wildman–Crippen LogP) is 5.50. The van der Waals surface area contributed by atoms with Gasteiger partial charge in [0.15, 0.2) is 0 Å². The lowest BCUT2D eigenvalue weighted by Crippen LogP contribution is -2.14. The molecule has 0 aromatic rings. The van der Waals surface area contributed by atoms with E-state index in [4.69, 9.17) is 9.84 Å². The number of esters is 1. The van der Waals surface area contributed by atoms with Crippen molar-refractivity contribution in [1.29, 1.82) is 0 Å². The third-order valence-corrected chi connectivity index (χ3v) is 3.51. The maximum atomic E-state index is 11.3. The number of carbonyl (C=O) groups is 1. The van der Waals surface area contributed by atoms with Crippen LogP contribution in [0.4, 0.5) is 0 Å². The summed E-state index contributed by atoms with van der Waals surface area (Å²) in [4.78, 5) is 11.3. The quantitative estimate of drug-likeness (QED) is 0.244. The van der Waals surface area contributed by atoms with Gasteiger partial charge in [-0.2, -0.15) is 0 Å². The van der Waals surface area contributed by atoms with Crippen molar-refractivity contribution < 1.29 is 14.6 Å². The minimum atomic E-state index is -0.582. The number of hydrogen-bond acceptors (Lipinski definition) is 3. The summed E-state index contributed by atoms with van der Waals surface area (Å²) in [5.74, 6) is -0.217. The molecular weight excluding hydrogens is 300 g/mol. The molecule has 0 fully saturated rings. The van der Waals surface area contributed by atoms with E-state index in [9.17, 15) is 4.79 Å². The zero-order valence-electron chi connectivity index (χ0n) is 15.6. The lowest BCUT2D eigenvalue weighted by atomic mass is 10.1. The maximum absolute atomic E-state index is 11.3. The van der Waals surface area contributed by atoms with Gasteiger partial charge in [-0.3, -0.25) is 4.79 Å². The van der Waals surface area contributed by atoms with Crippen molar-refractivity contribution in [2.75, 3.05) is 6.61 Å². The van der Waals surface area contributed by atoms with Gasteiger partial charge >= 0.3 is 5.97 Å². The molecule has 0 aromatic carbocycles. The van der Waals surface area contributed by atoms with Crippen LogP contribution in [0.25, 0.3) is 0 Å². The molecule has 0 spiro atoms. The number of hydrogen-bond donors (Lipinski definition) is 1. The fourth-order valence-corrected chi connectivity index (χ4v) is 2.11. The Morgan fingerprint density at radius 1 is 0.917 bits per heavy atom. The fraction of sp³-hybridized carbons (Fsp3) is 0.667. The molecule has 24 heavy (non-hydrogen) atoms. The SMILES string of the molecule is CCCCCC=CCC=CCC=CCCCCC(=O)OCC(C)O. The topological polar surface area (TPSA) is 46.5 Å². The number of aliphatic hydroxyl groups excluding tert-OH is 1. The van der Waals surface area contributed by atoms with Crippen LogP contribution in [0.3, 0.4) is 0 Å². The lowest BCUT2D eigenvalue weighted by Gasteiger charge is -2.05. The third kappa shape index (κ3) is 18.7. The van der Waals surface area contributed by atoms with Crippen LogP contribution < -0.4 is 0 Å².